The van der Waals surface area contributed by atoms with Crippen LogP contribution in [0.2, 0.25) is 0 Å². The van der Waals surface area contributed by atoms with Gasteiger partial charge in [-0.3, -0.25) is 9.69 Å². The fourth-order valence-electron chi connectivity index (χ4n) is 1.74. The Hall–Kier alpha value is -1.23. The Bertz CT molecular complexity index is 367. The SMILES string of the molecule is COCCN(CCOC)CC(=O)c1ccc(C)cc1. The summed E-state index contributed by atoms with van der Waals surface area (Å²) in [5, 5.41) is 0. The Morgan fingerprint density at radius 1 is 1.05 bits per heavy atom. The van der Waals surface area contributed by atoms with E-state index in [0.29, 0.717) is 19.8 Å². The third-order valence-corrected chi connectivity index (χ3v) is 2.96. The van der Waals surface area contributed by atoms with Crippen molar-refractivity contribution in [3.05, 3.63) is 35.4 Å². The summed E-state index contributed by atoms with van der Waals surface area (Å²) >= 11 is 0. The zero-order valence-electron chi connectivity index (χ0n) is 12.0. The number of Topliss-reactive ketones (excluding diaryl/α,β-unsaturated/α-hetero) is 1. The largest absolute Gasteiger partial charge is 0.383 e. The lowest BCUT2D eigenvalue weighted by atomic mass is 10.1. The molecule has 0 unspecified atom stereocenters. The minimum atomic E-state index is 0.132. The number of carbonyl (C=O) groups excluding carboxylic acids is 1. The van der Waals surface area contributed by atoms with Gasteiger partial charge in [-0.1, -0.05) is 29.8 Å². The van der Waals surface area contributed by atoms with Crippen molar-refractivity contribution >= 4 is 5.78 Å². The van der Waals surface area contributed by atoms with Crippen LogP contribution in [-0.4, -0.2) is 57.8 Å². The van der Waals surface area contributed by atoms with Crippen LogP contribution >= 0.6 is 0 Å². The standard InChI is InChI=1S/C15H23NO3/c1-13-4-6-14(7-5-13)15(17)12-16(8-10-18-2)9-11-19-3/h4-7H,8-12H2,1-3H3. The lowest BCUT2D eigenvalue weighted by Gasteiger charge is -2.20. The first-order valence-corrected chi connectivity index (χ1v) is 6.47. The lowest BCUT2D eigenvalue weighted by Crippen LogP contribution is -2.35. The van der Waals surface area contributed by atoms with Gasteiger partial charge in [0.15, 0.2) is 5.78 Å². The van der Waals surface area contributed by atoms with Gasteiger partial charge in [-0.2, -0.15) is 0 Å². The quantitative estimate of drug-likeness (QED) is 0.638. The van der Waals surface area contributed by atoms with Crippen LogP contribution in [0.25, 0.3) is 0 Å². The first kappa shape index (κ1) is 15.8. The maximum atomic E-state index is 12.2. The molecule has 0 radical (unpaired) electrons. The number of benzene rings is 1. The first-order valence-electron chi connectivity index (χ1n) is 6.47. The Labute approximate surface area is 115 Å². The summed E-state index contributed by atoms with van der Waals surface area (Å²) in [5.74, 6) is 0.132. The van der Waals surface area contributed by atoms with E-state index < -0.39 is 0 Å². The van der Waals surface area contributed by atoms with Crippen molar-refractivity contribution in [2.45, 2.75) is 6.92 Å². The van der Waals surface area contributed by atoms with E-state index in [2.05, 4.69) is 4.90 Å². The van der Waals surface area contributed by atoms with Crippen molar-refractivity contribution in [3.8, 4) is 0 Å². The molecule has 1 aromatic rings. The number of hydrogen-bond donors (Lipinski definition) is 0. The summed E-state index contributed by atoms with van der Waals surface area (Å²) in [6, 6.07) is 7.68. The van der Waals surface area contributed by atoms with Gasteiger partial charge >= 0.3 is 0 Å². The number of methoxy groups -OCH3 is 2. The summed E-state index contributed by atoms with van der Waals surface area (Å²) in [6.45, 7) is 5.11. The molecule has 106 valence electrons. The van der Waals surface area contributed by atoms with Crippen molar-refractivity contribution < 1.29 is 14.3 Å². The number of hydrogen-bond acceptors (Lipinski definition) is 4. The molecule has 1 rings (SSSR count). The molecule has 0 aliphatic rings. The number of aryl methyl sites for hydroxylation is 1. The highest BCUT2D eigenvalue weighted by molar-refractivity contribution is 5.97. The van der Waals surface area contributed by atoms with Gasteiger partial charge in [0.2, 0.25) is 0 Å². The number of rotatable bonds is 9. The molecule has 0 saturated carbocycles. The minimum absolute atomic E-state index is 0.132. The van der Waals surface area contributed by atoms with Crippen molar-refractivity contribution in [2.24, 2.45) is 0 Å². The van der Waals surface area contributed by atoms with E-state index in [4.69, 9.17) is 9.47 Å². The molecule has 0 amide bonds. The van der Waals surface area contributed by atoms with Crippen LogP contribution in [0.1, 0.15) is 15.9 Å². The zero-order valence-corrected chi connectivity index (χ0v) is 12.0. The smallest absolute Gasteiger partial charge is 0.176 e. The van der Waals surface area contributed by atoms with Crippen LogP contribution in [-0.2, 0) is 9.47 Å². The number of nitrogens with zero attached hydrogens (tertiary/aromatic N) is 1. The Balaban J connectivity index is 2.56. The highest BCUT2D eigenvalue weighted by Gasteiger charge is 2.12. The van der Waals surface area contributed by atoms with Gasteiger partial charge in [0.1, 0.15) is 0 Å². The zero-order chi connectivity index (χ0) is 14.1. The summed E-state index contributed by atoms with van der Waals surface area (Å²) in [6.07, 6.45) is 0. The lowest BCUT2D eigenvalue weighted by molar-refractivity contribution is 0.0837. The van der Waals surface area contributed by atoms with E-state index in [9.17, 15) is 4.79 Å². The highest BCUT2D eigenvalue weighted by Crippen LogP contribution is 2.05. The van der Waals surface area contributed by atoms with Gasteiger partial charge in [-0.05, 0) is 6.92 Å². The van der Waals surface area contributed by atoms with Gasteiger partial charge in [-0.15, -0.1) is 0 Å². The molecule has 0 aromatic heterocycles. The van der Waals surface area contributed by atoms with E-state index in [1.165, 1.54) is 0 Å². The van der Waals surface area contributed by atoms with Crippen molar-refractivity contribution in [1.82, 2.24) is 4.90 Å². The molecule has 4 heteroatoms. The Morgan fingerprint density at radius 3 is 2.05 bits per heavy atom. The molecule has 0 heterocycles. The molecule has 0 bridgehead atoms. The highest BCUT2D eigenvalue weighted by atomic mass is 16.5. The number of ketones is 1. The molecule has 0 spiro atoms. The van der Waals surface area contributed by atoms with Gasteiger partial charge in [0.25, 0.3) is 0 Å². The van der Waals surface area contributed by atoms with E-state index in [1.54, 1.807) is 14.2 Å². The van der Waals surface area contributed by atoms with Crippen molar-refractivity contribution in [2.75, 3.05) is 47.1 Å². The summed E-state index contributed by atoms with van der Waals surface area (Å²) in [5.41, 5.74) is 1.91. The second kappa shape index (κ2) is 8.80. The molecule has 0 atom stereocenters. The molecule has 19 heavy (non-hydrogen) atoms. The maximum Gasteiger partial charge on any atom is 0.176 e. The average Bonchev–Trinajstić information content (AvgIpc) is 2.42. The molecule has 0 fully saturated rings. The monoisotopic (exact) mass is 265 g/mol. The van der Waals surface area contributed by atoms with Crippen LogP contribution in [0.15, 0.2) is 24.3 Å². The Kier molecular flexibility index (Phi) is 7.33. The van der Waals surface area contributed by atoms with Crippen LogP contribution in [0.4, 0.5) is 0 Å². The predicted octanol–water partition coefficient (Wildman–Crippen LogP) is 1.77. The van der Waals surface area contributed by atoms with E-state index in [-0.39, 0.29) is 5.78 Å². The van der Waals surface area contributed by atoms with Crippen molar-refractivity contribution in [1.29, 1.82) is 0 Å². The van der Waals surface area contributed by atoms with E-state index in [1.807, 2.05) is 31.2 Å². The fraction of sp³-hybridized carbons (Fsp3) is 0.533. The van der Waals surface area contributed by atoms with Crippen LogP contribution in [0.3, 0.4) is 0 Å². The van der Waals surface area contributed by atoms with E-state index >= 15 is 0 Å². The van der Waals surface area contributed by atoms with Crippen molar-refractivity contribution in [3.63, 3.8) is 0 Å². The molecule has 0 saturated heterocycles. The predicted molar refractivity (Wildman–Crippen MR) is 75.7 cm³/mol. The maximum absolute atomic E-state index is 12.2. The van der Waals surface area contributed by atoms with Gasteiger partial charge in [-0.25, -0.2) is 0 Å². The average molecular weight is 265 g/mol. The molecule has 0 aliphatic heterocycles. The second-order valence-electron chi connectivity index (χ2n) is 4.55. The summed E-state index contributed by atoms with van der Waals surface area (Å²) in [4.78, 5) is 14.2. The minimum Gasteiger partial charge on any atom is -0.383 e. The van der Waals surface area contributed by atoms with Crippen LogP contribution in [0.5, 0.6) is 0 Å². The van der Waals surface area contributed by atoms with Gasteiger partial charge < -0.3 is 9.47 Å². The third kappa shape index (κ3) is 5.96. The molecule has 4 nitrogen and oxygen atoms in total. The normalized spacial score (nSPS) is 10.9. The van der Waals surface area contributed by atoms with E-state index in [0.717, 1.165) is 24.2 Å². The summed E-state index contributed by atoms with van der Waals surface area (Å²) in [7, 11) is 3.33. The number of carbonyl (C=O) groups is 1. The Morgan fingerprint density at radius 2 is 1.58 bits per heavy atom. The first-order chi connectivity index (χ1) is 9.17. The fourth-order valence-corrected chi connectivity index (χ4v) is 1.74. The third-order valence-electron chi connectivity index (χ3n) is 2.96. The number of ether oxygens (including phenoxy) is 2. The molecule has 1 aromatic carbocycles. The van der Waals surface area contributed by atoms with Crippen LogP contribution in [0, 0.1) is 6.92 Å². The molecular weight excluding hydrogens is 242 g/mol. The summed E-state index contributed by atoms with van der Waals surface area (Å²) < 4.78 is 10.1. The molecule has 0 aliphatic carbocycles. The second-order valence-corrected chi connectivity index (χ2v) is 4.55. The molecule has 0 N–H and O–H groups in total. The van der Waals surface area contributed by atoms with Crippen LogP contribution < -0.4 is 0 Å². The van der Waals surface area contributed by atoms with Gasteiger partial charge in [0.05, 0.1) is 19.8 Å². The molecular formula is C15H23NO3. The van der Waals surface area contributed by atoms with Gasteiger partial charge in [0, 0.05) is 32.9 Å². The topological polar surface area (TPSA) is 38.8 Å².